The number of carbonyl (C=O) groups excluding carboxylic acids is 1. The van der Waals surface area contributed by atoms with Gasteiger partial charge in [0.1, 0.15) is 5.82 Å². The highest BCUT2D eigenvalue weighted by Gasteiger charge is 2.31. The van der Waals surface area contributed by atoms with Gasteiger partial charge in [-0.05, 0) is 53.4 Å². The summed E-state index contributed by atoms with van der Waals surface area (Å²) in [7, 11) is -3.50. The highest BCUT2D eigenvalue weighted by atomic mass is 32.2. The normalized spacial score (nSPS) is 15.9. The quantitative estimate of drug-likeness (QED) is 0.666. The van der Waals surface area contributed by atoms with E-state index in [2.05, 4.69) is 5.32 Å². The van der Waals surface area contributed by atoms with E-state index in [1.807, 2.05) is 42.5 Å². The molecule has 4 rings (SSSR count). The second-order valence-electron chi connectivity index (χ2n) is 7.61. The van der Waals surface area contributed by atoms with Gasteiger partial charge in [-0.2, -0.15) is 0 Å². The summed E-state index contributed by atoms with van der Waals surface area (Å²) in [5.41, 5.74) is 1.29. The van der Waals surface area contributed by atoms with Crippen LogP contribution in [-0.4, -0.2) is 31.7 Å². The highest BCUT2D eigenvalue weighted by molar-refractivity contribution is 7.88. The van der Waals surface area contributed by atoms with Crippen LogP contribution in [-0.2, 0) is 20.6 Å². The summed E-state index contributed by atoms with van der Waals surface area (Å²) in [4.78, 5) is 12.7. The minimum Gasteiger partial charge on any atom is -0.326 e. The number of halogens is 1. The fraction of sp³-hybridized carbons (Fsp3) is 0.261. The standard InChI is InChI=1S/C23H23FN2O3S/c24-21-8-5-17(6-9-21)16-30(28,29)26-13-11-19(12-14-26)23(27)25-22-10-7-18-3-1-2-4-20(18)15-22/h1-10,15,19H,11-14,16H2,(H,25,27). The summed E-state index contributed by atoms with van der Waals surface area (Å²) in [6.07, 6.45) is 0.949. The number of hydrogen-bond donors (Lipinski definition) is 1. The van der Waals surface area contributed by atoms with Crippen molar-refractivity contribution in [2.45, 2.75) is 18.6 Å². The number of amides is 1. The van der Waals surface area contributed by atoms with Crippen LogP contribution in [0.2, 0.25) is 0 Å². The smallest absolute Gasteiger partial charge is 0.227 e. The second-order valence-corrected chi connectivity index (χ2v) is 9.58. The third-order valence-electron chi connectivity index (χ3n) is 5.50. The second kappa shape index (κ2) is 8.53. The Hall–Kier alpha value is -2.77. The summed E-state index contributed by atoms with van der Waals surface area (Å²) in [6.45, 7) is 0.610. The molecule has 30 heavy (non-hydrogen) atoms. The van der Waals surface area contributed by atoms with E-state index in [-0.39, 0.29) is 17.6 Å². The molecule has 7 heteroatoms. The predicted octanol–water partition coefficient (Wildman–Crippen LogP) is 4.16. The number of hydrogen-bond acceptors (Lipinski definition) is 3. The first kappa shape index (κ1) is 20.5. The van der Waals surface area contributed by atoms with Crippen LogP contribution in [0.15, 0.2) is 66.7 Å². The molecule has 3 aromatic rings. The van der Waals surface area contributed by atoms with Crippen molar-refractivity contribution < 1.29 is 17.6 Å². The van der Waals surface area contributed by atoms with Crippen molar-refractivity contribution in [3.63, 3.8) is 0 Å². The molecule has 0 radical (unpaired) electrons. The Bertz CT molecular complexity index is 1150. The molecule has 0 aliphatic carbocycles. The van der Waals surface area contributed by atoms with Gasteiger partial charge < -0.3 is 5.32 Å². The SMILES string of the molecule is O=C(Nc1ccc2ccccc2c1)C1CCN(S(=O)(=O)Cc2ccc(F)cc2)CC1. The van der Waals surface area contributed by atoms with Crippen LogP contribution in [0.25, 0.3) is 10.8 Å². The van der Waals surface area contributed by atoms with E-state index in [1.165, 1.54) is 28.6 Å². The fourth-order valence-electron chi connectivity index (χ4n) is 3.79. The summed E-state index contributed by atoms with van der Waals surface area (Å²) in [5, 5.41) is 5.12. The number of anilines is 1. The molecule has 1 amide bonds. The van der Waals surface area contributed by atoms with E-state index < -0.39 is 15.8 Å². The van der Waals surface area contributed by atoms with Crippen LogP contribution < -0.4 is 5.32 Å². The van der Waals surface area contributed by atoms with Gasteiger partial charge in [0.05, 0.1) is 5.75 Å². The van der Waals surface area contributed by atoms with Crippen LogP contribution in [0, 0.1) is 11.7 Å². The lowest BCUT2D eigenvalue weighted by Crippen LogP contribution is -2.41. The Morgan fingerprint density at radius 2 is 1.63 bits per heavy atom. The molecule has 0 aromatic heterocycles. The summed E-state index contributed by atoms with van der Waals surface area (Å²) in [6, 6.07) is 19.2. The first-order valence-electron chi connectivity index (χ1n) is 9.93. The number of nitrogens with zero attached hydrogens (tertiary/aromatic N) is 1. The summed E-state index contributed by atoms with van der Waals surface area (Å²) < 4.78 is 39.8. The van der Waals surface area contributed by atoms with Gasteiger partial charge in [0.25, 0.3) is 0 Å². The molecule has 1 fully saturated rings. The van der Waals surface area contributed by atoms with E-state index in [9.17, 15) is 17.6 Å². The first-order valence-corrected chi connectivity index (χ1v) is 11.5. The molecule has 1 saturated heterocycles. The minimum absolute atomic E-state index is 0.0825. The van der Waals surface area contributed by atoms with Crippen molar-refractivity contribution in [1.82, 2.24) is 4.31 Å². The molecule has 0 atom stereocenters. The Morgan fingerprint density at radius 3 is 2.33 bits per heavy atom. The van der Waals surface area contributed by atoms with E-state index in [1.54, 1.807) is 0 Å². The molecule has 1 N–H and O–H groups in total. The van der Waals surface area contributed by atoms with Gasteiger partial charge in [-0.3, -0.25) is 4.79 Å². The molecule has 0 spiro atoms. The number of nitrogens with one attached hydrogen (secondary N) is 1. The largest absolute Gasteiger partial charge is 0.326 e. The Morgan fingerprint density at radius 1 is 0.967 bits per heavy atom. The van der Waals surface area contributed by atoms with Crippen LogP contribution in [0.4, 0.5) is 10.1 Å². The highest BCUT2D eigenvalue weighted by Crippen LogP contribution is 2.24. The fourth-order valence-corrected chi connectivity index (χ4v) is 5.35. The van der Waals surface area contributed by atoms with Gasteiger partial charge >= 0.3 is 0 Å². The van der Waals surface area contributed by atoms with Crippen molar-refractivity contribution in [2.75, 3.05) is 18.4 Å². The lowest BCUT2D eigenvalue weighted by molar-refractivity contribution is -0.120. The maximum absolute atomic E-state index is 13.0. The average Bonchev–Trinajstić information content (AvgIpc) is 2.75. The topological polar surface area (TPSA) is 66.5 Å². The zero-order valence-corrected chi connectivity index (χ0v) is 17.2. The molecule has 1 aliphatic heterocycles. The van der Waals surface area contributed by atoms with E-state index in [0.29, 0.717) is 31.5 Å². The molecule has 0 bridgehead atoms. The summed E-state index contributed by atoms with van der Waals surface area (Å²) >= 11 is 0. The van der Waals surface area contributed by atoms with Crippen molar-refractivity contribution in [1.29, 1.82) is 0 Å². The Labute approximate surface area is 175 Å². The van der Waals surface area contributed by atoms with Crippen molar-refractivity contribution in [2.24, 2.45) is 5.92 Å². The zero-order valence-electron chi connectivity index (χ0n) is 16.4. The average molecular weight is 427 g/mol. The van der Waals surface area contributed by atoms with Crippen molar-refractivity contribution >= 4 is 32.4 Å². The molecule has 1 heterocycles. The van der Waals surface area contributed by atoms with Crippen LogP contribution in [0.5, 0.6) is 0 Å². The van der Waals surface area contributed by atoms with Crippen LogP contribution in [0.1, 0.15) is 18.4 Å². The van der Waals surface area contributed by atoms with E-state index >= 15 is 0 Å². The number of benzene rings is 3. The third-order valence-corrected chi connectivity index (χ3v) is 7.35. The molecule has 1 aliphatic rings. The maximum atomic E-state index is 13.0. The Balaban J connectivity index is 1.35. The van der Waals surface area contributed by atoms with Gasteiger partial charge in [0.15, 0.2) is 0 Å². The van der Waals surface area contributed by atoms with Crippen LogP contribution in [0.3, 0.4) is 0 Å². The predicted molar refractivity (Wildman–Crippen MR) is 116 cm³/mol. The van der Waals surface area contributed by atoms with Gasteiger partial charge in [-0.1, -0.05) is 42.5 Å². The zero-order chi connectivity index (χ0) is 21.1. The number of fused-ring (bicyclic) bond motifs is 1. The molecule has 5 nitrogen and oxygen atoms in total. The van der Waals surface area contributed by atoms with Gasteiger partial charge in [0, 0.05) is 24.7 Å². The lowest BCUT2D eigenvalue weighted by Gasteiger charge is -2.30. The molecular formula is C23H23FN2O3S. The molecule has 0 unspecified atom stereocenters. The number of piperidine rings is 1. The van der Waals surface area contributed by atoms with E-state index in [4.69, 9.17) is 0 Å². The van der Waals surface area contributed by atoms with Crippen LogP contribution >= 0.6 is 0 Å². The third kappa shape index (κ3) is 4.68. The number of rotatable bonds is 5. The van der Waals surface area contributed by atoms with E-state index in [0.717, 1.165) is 16.5 Å². The molecule has 156 valence electrons. The van der Waals surface area contributed by atoms with Gasteiger partial charge in [-0.25, -0.2) is 17.1 Å². The molecule has 0 saturated carbocycles. The van der Waals surface area contributed by atoms with Crippen molar-refractivity contribution in [3.05, 3.63) is 78.1 Å². The number of carbonyl (C=O) groups is 1. The number of sulfonamides is 1. The maximum Gasteiger partial charge on any atom is 0.227 e. The van der Waals surface area contributed by atoms with Gasteiger partial charge in [-0.15, -0.1) is 0 Å². The summed E-state index contributed by atoms with van der Waals surface area (Å²) in [5.74, 6) is -0.870. The van der Waals surface area contributed by atoms with Gasteiger partial charge in [0.2, 0.25) is 15.9 Å². The molecular weight excluding hydrogens is 403 g/mol. The molecule has 3 aromatic carbocycles. The minimum atomic E-state index is -3.50. The first-order chi connectivity index (χ1) is 14.4. The Kier molecular flexibility index (Phi) is 5.83. The van der Waals surface area contributed by atoms with Crippen molar-refractivity contribution in [3.8, 4) is 0 Å². The monoisotopic (exact) mass is 426 g/mol. The lowest BCUT2D eigenvalue weighted by atomic mass is 9.97.